The predicted octanol–water partition coefficient (Wildman–Crippen LogP) is 0.727. The van der Waals surface area contributed by atoms with E-state index in [0.717, 1.165) is 0 Å². The first-order chi connectivity index (χ1) is 9.90. The number of likely N-dealkylation sites (N-methyl/N-ethyl adjacent to an activating group) is 2. The Labute approximate surface area is 121 Å². The number of nitrogens with zero attached hydrogens (tertiary/aromatic N) is 2. The SMILES string of the molecule is COC(=O)c1ccc2c(c1)N(C)C(=O)C21CN(C)C(=O)O1. The first-order valence-electron chi connectivity index (χ1n) is 6.36. The van der Waals surface area contributed by atoms with Gasteiger partial charge in [0, 0.05) is 19.7 Å². The minimum Gasteiger partial charge on any atom is -0.465 e. The number of fused-ring (bicyclic) bond motifs is 2. The van der Waals surface area contributed by atoms with Crippen molar-refractivity contribution in [2.75, 3.05) is 32.6 Å². The van der Waals surface area contributed by atoms with E-state index in [9.17, 15) is 14.4 Å². The Morgan fingerprint density at radius 1 is 1.33 bits per heavy atom. The van der Waals surface area contributed by atoms with Crippen molar-refractivity contribution in [3.05, 3.63) is 29.3 Å². The summed E-state index contributed by atoms with van der Waals surface area (Å²) in [6.07, 6.45) is -0.540. The summed E-state index contributed by atoms with van der Waals surface area (Å²) >= 11 is 0. The molecule has 0 N–H and O–H groups in total. The van der Waals surface area contributed by atoms with Gasteiger partial charge in [-0.1, -0.05) is 6.07 Å². The van der Waals surface area contributed by atoms with E-state index in [4.69, 9.17) is 4.74 Å². The third-order valence-corrected chi connectivity index (χ3v) is 3.90. The van der Waals surface area contributed by atoms with E-state index in [1.165, 1.54) is 16.9 Å². The van der Waals surface area contributed by atoms with Crippen LogP contribution >= 0.6 is 0 Å². The average Bonchev–Trinajstić information content (AvgIpc) is 2.89. The normalized spacial score (nSPS) is 23.6. The van der Waals surface area contributed by atoms with Crippen LogP contribution in [-0.2, 0) is 19.9 Å². The van der Waals surface area contributed by atoms with Crippen LogP contribution in [-0.4, -0.2) is 50.6 Å². The molecule has 0 bridgehead atoms. The predicted molar refractivity (Wildman–Crippen MR) is 72.0 cm³/mol. The van der Waals surface area contributed by atoms with Crippen molar-refractivity contribution in [1.29, 1.82) is 0 Å². The van der Waals surface area contributed by atoms with Gasteiger partial charge in [-0.3, -0.25) is 4.79 Å². The minimum atomic E-state index is -1.31. The van der Waals surface area contributed by atoms with Gasteiger partial charge in [-0.25, -0.2) is 9.59 Å². The number of carbonyl (C=O) groups is 3. The summed E-state index contributed by atoms with van der Waals surface area (Å²) in [7, 11) is 4.45. The molecular formula is C14H14N2O5. The van der Waals surface area contributed by atoms with Crippen molar-refractivity contribution in [1.82, 2.24) is 4.90 Å². The Bertz CT molecular complexity index is 671. The molecule has 3 rings (SSSR count). The van der Waals surface area contributed by atoms with Gasteiger partial charge >= 0.3 is 12.1 Å². The molecule has 0 aliphatic carbocycles. The molecule has 7 nitrogen and oxygen atoms in total. The number of anilines is 1. The second kappa shape index (κ2) is 4.21. The van der Waals surface area contributed by atoms with Gasteiger partial charge in [-0.05, 0) is 12.1 Å². The lowest BCUT2D eigenvalue weighted by Crippen LogP contribution is -2.41. The molecule has 21 heavy (non-hydrogen) atoms. The molecule has 2 amide bonds. The fraction of sp³-hybridized carbons (Fsp3) is 0.357. The van der Waals surface area contributed by atoms with Crippen molar-refractivity contribution in [3.8, 4) is 0 Å². The third kappa shape index (κ3) is 1.63. The summed E-state index contributed by atoms with van der Waals surface area (Å²) < 4.78 is 10.0. The molecule has 2 aliphatic rings. The van der Waals surface area contributed by atoms with E-state index in [1.807, 2.05) is 0 Å². The van der Waals surface area contributed by atoms with Crippen LogP contribution in [0.1, 0.15) is 15.9 Å². The molecule has 110 valence electrons. The maximum atomic E-state index is 12.5. The number of ether oxygens (including phenoxy) is 2. The highest BCUT2D eigenvalue weighted by Crippen LogP contribution is 2.45. The monoisotopic (exact) mass is 290 g/mol. The summed E-state index contributed by atoms with van der Waals surface area (Å²) in [5.74, 6) is -0.808. The van der Waals surface area contributed by atoms with Crippen LogP contribution in [0, 0.1) is 0 Å². The van der Waals surface area contributed by atoms with Gasteiger partial charge in [0.05, 0.1) is 24.9 Å². The number of hydrogen-bond donors (Lipinski definition) is 0. The van der Waals surface area contributed by atoms with Crippen LogP contribution in [0.4, 0.5) is 10.5 Å². The van der Waals surface area contributed by atoms with Crippen molar-refractivity contribution >= 4 is 23.7 Å². The zero-order valence-corrected chi connectivity index (χ0v) is 11.9. The Kier molecular flexibility index (Phi) is 2.69. The summed E-state index contributed by atoms with van der Waals surface area (Å²) in [5.41, 5.74) is 0.155. The molecule has 2 aliphatic heterocycles. The van der Waals surface area contributed by atoms with Crippen LogP contribution in [0.25, 0.3) is 0 Å². The number of amides is 2. The Morgan fingerprint density at radius 2 is 2.05 bits per heavy atom. The molecule has 0 aromatic heterocycles. The highest BCUT2D eigenvalue weighted by atomic mass is 16.6. The molecule has 1 unspecified atom stereocenters. The molecule has 1 aromatic carbocycles. The van der Waals surface area contributed by atoms with Crippen molar-refractivity contribution < 1.29 is 23.9 Å². The molecule has 2 heterocycles. The molecular weight excluding hydrogens is 276 g/mol. The molecule has 1 aromatic rings. The lowest BCUT2D eigenvalue weighted by molar-refractivity contribution is -0.132. The average molecular weight is 290 g/mol. The van der Waals surface area contributed by atoms with E-state index in [-0.39, 0.29) is 12.5 Å². The first-order valence-corrected chi connectivity index (χ1v) is 6.36. The summed E-state index contributed by atoms with van der Waals surface area (Å²) in [6, 6.07) is 4.76. The molecule has 1 spiro atoms. The largest absolute Gasteiger partial charge is 0.465 e. The highest BCUT2D eigenvalue weighted by molar-refractivity contribution is 6.09. The van der Waals surface area contributed by atoms with E-state index in [1.54, 1.807) is 32.3 Å². The van der Waals surface area contributed by atoms with Crippen LogP contribution in [0.5, 0.6) is 0 Å². The summed E-state index contributed by atoms with van der Waals surface area (Å²) in [6.45, 7) is 0.152. The molecule has 7 heteroatoms. The lowest BCUT2D eigenvalue weighted by atomic mass is 9.94. The van der Waals surface area contributed by atoms with Crippen molar-refractivity contribution in [2.45, 2.75) is 5.60 Å². The minimum absolute atomic E-state index is 0.152. The van der Waals surface area contributed by atoms with Gasteiger partial charge in [0.15, 0.2) is 0 Å². The molecule has 0 radical (unpaired) electrons. The zero-order chi connectivity index (χ0) is 15.4. The Balaban J connectivity index is 2.13. The van der Waals surface area contributed by atoms with Gasteiger partial charge in [-0.15, -0.1) is 0 Å². The van der Waals surface area contributed by atoms with Crippen LogP contribution in [0.3, 0.4) is 0 Å². The third-order valence-electron chi connectivity index (χ3n) is 3.90. The zero-order valence-electron chi connectivity index (χ0n) is 11.9. The molecule has 1 atom stereocenters. The van der Waals surface area contributed by atoms with E-state index in [2.05, 4.69) is 4.74 Å². The second-order valence-electron chi connectivity index (χ2n) is 5.14. The van der Waals surface area contributed by atoms with Crippen molar-refractivity contribution in [2.24, 2.45) is 0 Å². The second-order valence-corrected chi connectivity index (χ2v) is 5.14. The lowest BCUT2D eigenvalue weighted by Gasteiger charge is -2.19. The van der Waals surface area contributed by atoms with Gasteiger partial charge in [-0.2, -0.15) is 0 Å². The number of methoxy groups -OCH3 is 1. The quantitative estimate of drug-likeness (QED) is 0.713. The number of rotatable bonds is 1. The molecule has 0 saturated carbocycles. The fourth-order valence-corrected chi connectivity index (χ4v) is 2.80. The van der Waals surface area contributed by atoms with Crippen molar-refractivity contribution in [3.63, 3.8) is 0 Å². The molecule has 1 saturated heterocycles. The van der Waals surface area contributed by atoms with E-state index >= 15 is 0 Å². The van der Waals surface area contributed by atoms with Crippen LogP contribution in [0.2, 0.25) is 0 Å². The topological polar surface area (TPSA) is 76.2 Å². The standard InChI is InChI=1S/C14H14N2O5/c1-15-7-14(21-13(15)19)9-5-4-8(11(17)20-3)6-10(9)16(2)12(14)18/h4-6H,7H2,1-3H3. The Morgan fingerprint density at radius 3 is 2.62 bits per heavy atom. The number of benzene rings is 1. The van der Waals surface area contributed by atoms with Crippen LogP contribution in [0.15, 0.2) is 18.2 Å². The van der Waals surface area contributed by atoms with Gasteiger partial charge in [0.2, 0.25) is 5.60 Å². The van der Waals surface area contributed by atoms with E-state index in [0.29, 0.717) is 16.8 Å². The highest BCUT2D eigenvalue weighted by Gasteiger charge is 2.58. The van der Waals surface area contributed by atoms with Crippen LogP contribution < -0.4 is 4.90 Å². The fourth-order valence-electron chi connectivity index (χ4n) is 2.80. The number of hydrogen-bond acceptors (Lipinski definition) is 5. The first kappa shape index (κ1) is 13.4. The smallest absolute Gasteiger partial charge is 0.411 e. The Hall–Kier alpha value is -2.57. The number of esters is 1. The molecule has 1 fully saturated rings. The van der Waals surface area contributed by atoms with Gasteiger partial charge in [0.1, 0.15) is 0 Å². The van der Waals surface area contributed by atoms with E-state index < -0.39 is 17.7 Å². The summed E-state index contributed by atoms with van der Waals surface area (Å²) in [5, 5.41) is 0. The number of carbonyl (C=O) groups excluding carboxylic acids is 3. The van der Waals surface area contributed by atoms with Gasteiger partial charge < -0.3 is 19.3 Å². The maximum absolute atomic E-state index is 12.5. The summed E-state index contributed by atoms with van der Waals surface area (Å²) in [4.78, 5) is 38.6. The maximum Gasteiger partial charge on any atom is 0.411 e. The van der Waals surface area contributed by atoms with Gasteiger partial charge in [0.25, 0.3) is 5.91 Å².